The SMILES string of the molecule is OO.O[Si](O)(O)O.[Na+].[OH-]. The van der Waals surface area contributed by atoms with E-state index in [0.29, 0.717) is 0 Å². The first-order valence-electron chi connectivity index (χ1n) is 1.09. The summed E-state index contributed by atoms with van der Waals surface area (Å²) in [4.78, 5) is 29.3. The van der Waals surface area contributed by atoms with Crippen molar-refractivity contribution in [3.8, 4) is 0 Å². The normalized spacial score (nSPS) is 7.33. The molecule has 0 aliphatic carbocycles. The monoisotopic (exact) mass is 170 g/mol. The van der Waals surface area contributed by atoms with Gasteiger partial charge in [0.25, 0.3) is 0 Å². The van der Waals surface area contributed by atoms with Crippen molar-refractivity contribution in [2.24, 2.45) is 0 Å². The van der Waals surface area contributed by atoms with Gasteiger partial charge in [-0.25, -0.2) is 0 Å². The van der Waals surface area contributed by atoms with Crippen molar-refractivity contribution in [1.29, 1.82) is 0 Å². The van der Waals surface area contributed by atoms with Crippen LogP contribution in [0.15, 0.2) is 0 Å². The van der Waals surface area contributed by atoms with E-state index in [9.17, 15) is 0 Å². The Morgan fingerprint density at radius 3 is 0.778 bits per heavy atom. The van der Waals surface area contributed by atoms with Gasteiger partial charge in [-0.05, 0) is 0 Å². The summed E-state index contributed by atoms with van der Waals surface area (Å²) in [6.45, 7) is 0. The Labute approximate surface area is 73.8 Å². The van der Waals surface area contributed by atoms with Crippen molar-refractivity contribution < 1.29 is 64.7 Å². The molecule has 0 fully saturated rings. The molecular formula is H7NaO7Si. The minimum Gasteiger partial charge on any atom is -0.870 e. The molecule has 0 aromatic carbocycles. The van der Waals surface area contributed by atoms with Crippen LogP contribution in [0.2, 0.25) is 0 Å². The van der Waals surface area contributed by atoms with Crippen LogP contribution >= 0.6 is 0 Å². The minimum absolute atomic E-state index is 0. The molecule has 0 rings (SSSR count). The van der Waals surface area contributed by atoms with Crippen LogP contribution in [0.3, 0.4) is 0 Å². The molecule has 7 nitrogen and oxygen atoms in total. The zero-order chi connectivity index (χ0) is 6.50. The molecule has 0 aromatic heterocycles. The largest absolute Gasteiger partial charge is 1.00 e. The quantitative estimate of drug-likeness (QED) is 0.120. The first-order chi connectivity index (χ1) is 3.00. The van der Waals surface area contributed by atoms with Crippen molar-refractivity contribution in [3.05, 3.63) is 0 Å². The van der Waals surface area contributed by atoms with Gasteiger partial charge in [0.15, 0.2) is 0 Å². The van der Waals surface area contributed by atoms with Gasteiger partial charge in [-0.1, -0.05) is 0 Å². The predicted octanol–water partition coefficient (Wildman–Crippen LogP) is -5.76. The van der Waals surface area contributed by atoms with E-state index in [-0.39, 0.29) is 35.0 Å². The number of rotatable bonds is 0. The standard InChI is InChI=1S/Na.H4O4Si.H2O2.H2O/c;1-5(2,3)4;1-2;/h;1-4H;1-2H;1H2/q+1;;;/p-1. The molecule has 0 unspecified atom stereocenters. The molecule has 0 spiro atoms. The Bertz CT molecular complexity index is 24.4. The summed E-state index contributed by atoms with van der Waals surface area (Å²) in [7, 11) is -4.61. The Morgan fingerprint density at radius 1 is 0.778 bits per heavy atom. The Morgan fingerprint density at radius 2 is 0.778 bits per heavy atom. The maximum absolute atomic E-state index is 7.33. The van der Waals surface area contributed by atoms with E-state index in [4.69, 9.17) is 29.7 Å². The molecule has 0 saturated carbocycles. The molecule has 54 valence electrons. The molecular weight excluding hydrogens is 163 g/mol. The van der Waals surface area contributed by atoms with Gasteiger partial charge in [0, 0.05) is 0 Å². The third-order valence-corrected chi connectivity index (χ3v) is 0. The van der Waals surface area contributed by atoms with Crippen LogP contribution in [0, 0.1) is 0 Å². The summed E-state index contributed by atoms with van der Waals surface area (Å²) in [5.74, 6) is 0. The van der Waals surface area contributed by atoms with Gasteiger partial charge in [0.05, 0.1) is 0 Å². The summed E-state index contributed by atoms with van der Waals surface area (Å²) in [5.41, 5.74) is 0. The molecule has 0 aliphatic heterocycles. The van der Waals surface area contributed by atoms with Crippen molar-refractivity contribution in [3.63, 3.8) is 0 Å². The molecule has 0 radical (unpaired) electrons. The Balaban J connectivity index is -0.0000000286. The second-order valence-electron chi connectivity index (χ2n) is 0.600. The van der Waals surface area contributed by atoms with Gasteiger partial charge in [0.2, 0.25) is 0 Å². The van der Waals surface area contributed by atoms with Crippen LogP contribution in [0.5, 0.6) is 0 Å². The van der Waals surface area contributed by atoms with Crippen molar-refractivity contribution in [2.75, 3.05) is 0 Å². The van der Waals surface area contributed by atoms with Crippen LogP contribution < -0.4 is 29.6 Å². The fraction of sp³-hybridized carbons (Fsp3) is 0. The second kappa shape index (κ2) is 11.7. The summed E-state index contributed by atoms with van der Waals surface area (Å²) >= 11 is 0. The first-order valence-corrected chi connectivity index (χ1v) is 2.88. The molecule has 9 heteroatoms. The molecule has 0 aromatic rings. The Kier molecular flexibility index (Phi) is 29.3. The maximum atomic E-state index is 7.33. The fourth-order valence-corrected chi connectivity index (χ4v) is 0. The van der Waals surface area contributed by atoms with Crippen LogP contribution in [0.4, 0.5) is 0 Å². The first kappa shape index (κ1) is 22.5. The Hall–Kier alpha value is 0.937. The van der Waals surface area contributed by atoms with Crippen molar-refractivity contribution >= 4 is 9.05 Å². The van der Waals surface area contributed by atoms with Crippen molar-refractivity contribution in [2.45, 2.75) is 0 Å². The molecule has 7 N–H and O–H groups in total. The van der Waals surface area contributed by atoms with E-state index in [1.54, 1.807) is 0 Å². The van der Waals surface area contributed by atoms with E-state index in [2.05, 4.69) is 0 Å². The van der Waals surface area contributed by atoms with Crippen LogP contribution in [0.25, 0.3) is 0 Å². The van der Waals surface area contributed by atoms with Crippen LogP contribution in [-0.4, -0.2) is 44.2 Å². The van der Waals surface area contributed by atoms with E-state index in [1.165, 1.54) is 0 Å². The van der Waals surface area contributed by atoms with Gasteiger partial charge < -0.3 is 24.7 Å². The molecule has 0 aliphatic rings. The summed E-state index contributed by atoms with van der Waals surface area (Å²) in [6.07, 6.45) is 0. The molecule has 9 heavy (non-hydrogen) atoms. The predicted molar refractivity (Wildman–Crippen MR) is 21.8 cm³/mol. The molecule has 0 saturated heterocycles. The average Bonchev–Trinajstić information content (AvgIpc) is 1.36. The molecule has 0 heterocycles. The van der Waals surface area contributed by atoms with E-state index < -0.39 is 9.05 Å². The smallest absolute Gasteiger partial charge is 0.870 e. The average molecular weight is 170 g/mol. The third-order valence-electron chi connectivity index (χ3n) is 0. The number of hydrogen-bond acceptors (Lipinski definition) is 7. The van der Waals surface area contributed by atoms with E-state index >= 15 is 0 Å². The summed E-state index contributed by atoms with van der Waals surface area (Å²) in [6, 6.07) is 0. The van der Waals surface area contributed by atoms with Gasteiger partial charge in [-0.3, -0.25) is 10.5 Å². The minimum atomic E-state index is -4.61. The van der Waals surface area contributed by atoms with E-state index in [0.717, 1.165) is 0 Å². The van der Waals surface area contributed by atoms with Gasteiger partial charge in [0.1, 0.15) is 0 Å². The summed E-state index contributed by atoms with van der Waals surface area (Å²) < 4.78 is 0. The van der Waals surface area contributed by atoms with Crippen molar-refractivity contribution in [1.82, 2.24) is 0 Å². The van der Waals surface area contributed by atoms with Gasteiger partial charge in [-0.2, -0.15) is 0 Å². The summed E-state index contributed by atoms with van der Waals surface area (Å²) in [5, 5.41) is 12.0. The molecule has 0 atom stereocenters. The molecule has 0 bridgehead atoms. The zero-order valence-electron chi connectivity index (χ0n) is 4.63. The maximum Gasteiger partial charge on any atom is 1.00 e. The second-order valence-corrected chi connectivity index (χ2v) is 1.80. The van der Waals surface area contributed by atoms with Gasteiger partial charge >= 0.3 is 38.6 Å². The zero-order valence-corrected chi connectivity index (χ0v) is 7.63. The fourth-order valence-electron chi connectivity index (χ4n) is 0. The van der Waals surface area contributed by atoms with E-state index in [1.807, 2.05) is 0 Å². The topological polar surface area (TPSA) is 151 Å². The van der Waals surface area contributed by atoms with Crippen LogP contribution in [-0.2, 0) is 0 Å². The molecule has 0 amide bonds. The number of hydrogen-bond donors (Lipinski definition) is 6. The third kappa shape index (κ3) is 490. The van der Waals surface area contributed by atoms with Gasteiger partial charge in [-0.15, -0.1) is 0 Å². The van der Waals surface area contributed by atoms with Crippen LogP contribution in [0.1, 0.15) is 0 Å².